The van der Waals surface area contributed by atoms with Crippen LogP contribution in [0.1, 0.15) is 11.1 Å². The van der Waals surface area contributed by atoms with Gasteiger partial charge in [0, 0.05) is 38.8 Å². The van der Waals surface area contributed by atoms with Gasteiger partial charge in [0.05, 0.1) is 11.6 Å². The molecule has 22 heavy (non-hydrogen) atoms. The summed E-state index contributed by atoms with van der Waals surface area (Å²) >= 11 is 10.5. The molecule has 0 aliphatic heterocycles. The van der Waals surface area contributed by atoms with Gasteiger partial charge in [0.15, 0.2) is 0 Å². The first-order valence-corrected chi connectivity index (χ1v) is 8.84. The highest BCUT2D eigenvalue weighted by molar-refractivity contribution is 9.11. The minimum Gasteiger partial charge on any atom is -0.378 e. The summed E-state index contributed by atoms with van der Waals surface area (Å²) in [5, 5.41) is 9.52. The van der Waals surface area contributed by atoms with E-state index in [-0.39, 0.29) is 0 Å². The molecule has 0 fully saturated rings. The molecule has 112 valence electrons. The second kappa shape index (κ2) is 7.45. The summed E-state index contributed by atoms with van der Waals surface area (Å²) in [6, 6.07) is 14.2. The van der Waals surface area contributed by atoms with Gasteiger partial charge in [-0.3, -0.25) is 0 Å². The summed E-state index contributed by atoms with van der Waals surface area (Å²) < 4.78 is 2.68. The van der Waals surface area contributed by atoms with Crippen molar-refractivity contribution in [2.45, 2.75) is 0 Å². The Bertz CT molecular complexity index is 733. The summed E-state index contributed by atoms with van der Waals surface area (Å²) in [5.74, 6) is 0. The molecule has 0 radical (unpaired) electrons. The van der Waals surface area contributed by atoms with Gasteiger partial charge >= 0.3 is 0 Å². The van der Waals surface area contributed by atoms with Crippen LogP contribution >= 0.6 is 47.8 Å². The van der Waals surface area contributed by atoms with Crippen LogP contribution in [0, 0.1) is 11.3 Å². The van der Waals surface area contributed by atoms with Crippen LogP contribution in [-0.4, -0.2) is 14.1 Å². The van der Waals surface area contributed by atoms with E-state index in [4.69, 9.17) is 0 Å². The highest BCUT2D eigenvalue weighted by Gasteiger charge is 2.12. The van der Waals surface area contributed by atoms with Crippen LogP contribution in [0.5, 0.6) is 0 Å². The van der Waals surface area contributed by atoms with Crippen molar-refractivity contribution in [3.05, 3.63) is 60.9 Å². The largest absolute Gasteiger partial charge is 0.378 e. The fourth-order valence-electron chi connectivity index (χ4n) is 2.00. The highest BCUT2D eigenvalue weighted by Crippen LogP contribution is 2.35. The average Bonchev–Trinajstić information content (AvgIpc) is 2.45. The SMILES string of the molecule is CN(C)c1ccc(/C=C(/C#N)c2c(Br)cc(Br)cc2Br)cc1. The summed E-state index contributed by atoms with van der Waals surface area (Å²) in [5.41, 5.74) is 3.57. The molecule has 0 aliphatic carbocycles. The average molecular weight is 485 g/mol. The number of anilines is 1. The molecule has 2 rings (SSSR count). The topological polar surface area (TPSA) is 27.0 Å². The zero-order valence-electron chi connectivity index (χ0n) is 12.1. The van der Waals surface area contributed by atoms with Crippen LogP contribution in [0.4, 0.5) is 5.69 Å². The third-order valence-electron chi connectivity index (χ3n) is 3.12. The van der Waals surface area contributed by atoms with Crippen LogP contribution < -0.4 is 4.90 Å². The lowest BCUT2D eigenvalue weighted by Crippen LogP contribution is -2.07. The third kappa shape index (κ3) is 4.01. The third-order valence-corrected chi connectivity index (χ3v) is 4.83. The lowest BCUT2D eigenvalue weighted by molar-refractivity contribution is 1.13. The van der Waals surface area contributed by atoms with Crippen LogP contribution in [0.2, 0.25) is 0 Å². The minimum absolute atomic E-state index is 0.601. The van der Waals surface area contributed by atoms with Crippen LogP contribution in [0.15, 0.2) is 49.8 Å². The first-order valence-electron chi connectivity index (χ1n) is 6.46. The van der Waals surface area contributed by atoms with Crippen molar-refractivity contribution in [2.24, 2.45) is 0 Å². The lowest BCUT2D eigenvalue weighted by atomic mass is 10.0. The van der Waals surface area contributed by atoms with Crippen molar-refractivity contribution in [1.29, 1.82) is 5.26 Å². The van der Waals surface area contributed by atoms with E-state index < -0.39 is 0 Å². The minimum atomic E-state index is 0.601. The maximum absolute atomic E-state index is 9.52. The van der Waals surface area contributed by atoms with Gasteiger partial charge < -0.3 is 4.90 Å². The number of benzene rings is 2. The molecule has 0 unspecified atom stereocenters. The second-order valence-electron chi connectivity index (χ2n) is 4.90. The van der Waals surface area contributed by atoms with E-state index in [9.17, 15) is 5.26 Å². The van der Waals surface area contributed by atoms with Gasteiger partial charge in [-0.1, -0.05) is 59.9 Å². The molecule has 0 spiro atoms. The lowest BCUT2D eigenvalue weighted by Gasteiger charge is -2.12. The van der Waals surface area contributed by atoms with Crippen LogP contribution in [-0.2, 0) is 0 Å². The van der Waals surface area contributed by atoms with Gasteiger partial charge in [0.2, 0.25) is 0 Å². The molecule has 0 saturated heterocycles. The van der Waals surface area contributed by atoms with Crippen LogP contribution in [0.25, 0.3) is 11.6 Å². The number of halogens is 3. The Kier molecular flexibility index (Phi) is 5.85. The number of hydrogen-bond acceptors (Lipinski definition) is 2. The normalized spacial score (nSPS) is 11.2. The Morgan fingerprint density at radius 3 is 2.05 bits per heavy atom. The predicted molar refractivity (Wildman–Crippen MR) is 104 cm³/mol. The second-order valence-corrected chi connectivity index (χ2v) is 7.52. The fourth-order valence-corrected chi connectivity index (χ4v) is 4.68. The molecule has 2 nitrogen and oxygen atoms in total. The van der Waals surface area contributed by atoms with Gasteiger partial charge in [0.1, 0.15) is 0 Å². The Balaban J connectivity index is 2.46. The Morgan fingerprint density at radius 1 is 1.05 bits per heavy atom. The van der Waals surface area contributed by atoms with Gasteiger partial charge in [-0.05, 0) is 35.9 Å². The number of nitriles is 1. The molecule has 0 bridgehead atoms. The predicted octanol–water partition coefficient (Wildman–Crippen LogP) is 6.10. The van der Waals surface area contributed by atoms with Crippen LogP contribution in [0.3, 0.4) is 0 Å². The molecule has 0 atom stereocenters. The summed E-state index contributed by atoms with van der Waals surface area (Å²) in [6.45, 7) is 0. The van der Waals surface area contributed by atoms with E-state index in [0.29, 0.717) is 5.57 Å². The summed E-state index contributed by atoms with van der Waals surface area (Å²) in [6.07, 6.45) is 1.89. The van der Waals surface area contributed by atoms with Gasteiger partial charge in [-0.25, -0.2) is 0 Å². The zero-order valence-corrected chi connectivity index (χ0v) is 16.8. The van der Waals surface area contributed by atoms with E-state index in [1.54, 1.807) is 0 Å². The van der Waals surface area contributed by atoms with Gasteiger partial charge in [-0.2, -0.15) is 5.26 Å². The maximum atomic E-state index is 9.52. The molecular formula is C17H13Br3N2. The standard InChI is InChI=1S/C17H13Br3N2/c1-22(2)14-5-3-11(4-6-14)7-12(10-21)17-15(19)8-13(18)9-16(17)20/h3-9H,1-2H3/b12-7-. The van der Waals surface area contributed by atoms with Crippen molar-refractivity contribution in [3.8, 4) is 6.07 Å². The first-order chi connectivity index (χ1) is 10.4. The molecule has 0 N–H and O–H groups in total. The smallest absolute Gasteiger partial charge is 0.0999 e. The van der Waals surface area contributed by atoms with Gasteiger partial charge in [0.25, 0.3) is 0 Å². The molecule has 0 saturated carbocycles. The summed E-state index contributed by atoms with van der Waals surface area (Å²) in [4.78, 5) is 2.04. The highest BCUT2D eigenvalue weighted by atomic mass is 79.9. The first kappa shape index (κ1) is 17.3. The van der Waals surface area contributed by atoms with E-state index in [2.05, 4.69) is 53.9 Å². The number of nitrogens with zero attached hydrogens (tertiary/aromatic N) is 2. The maximum Gasteiger partial charge on any atom is 0.0999 e. The molecule has 0 amide bonds. The number of allylic oxidation sites excluding steroid dienone is 1. The van der Waals surface area contributed by atoms with E-state index in [1.807, 2.05) is 61.5 Å². The molecule has 5 heteroatoms. The molecule has 2 aromatic rings. The van der Waals surface area contributed by atoms with E-state index in [1.165, 1.54) is 0 Å². The Hall–Kier alpha value is -1.09. The number of hydrogen-bond donors (Lipinski definition) is 0. The Morgan fingerprint density at radius 2 is 1.59 bits per heavy atom. The van der Waals surface area contributed by atoms with Crippen molar-refractivity contribution >= 4 is 65.1 Å². The van der Waals surface area contributed by atoms with Crippen molar-refractivity contribution in [3.63, 3.8) is 0 Å². The molecular weight excluding hydrogens is 472 g/mol. The molecule has 0 aliphatic rings. The molecule has 2 aromatic carbocycles. The quantitative estimate of drug-likeness (QED) is 0.388. The number of rotatable bonds is 3. The molecule has 0 aromatic heterocycles. The summed E-state index contributed by atoms with van der Waals surface area (Å²) in [7, 11) is 4.00. The Labute approximate surface area is 155 Å². The van der Waals surface area contributed by atoms with Crippen molar-refractivity contribution < 1.29 is 0 Å². The fraction of sp³-hybridized carbons (Fsp3) is 0.118. The van der Waals surface area contributed by atoms with Crippen molar-refractivity contribution in [1.82, 2.24) is 0 Å². The zero-order chi connectivity index (χ0) is 16.3. The van der Waals surface area contributed by atoms with Gasteiger partial charge in [-0.15, -0.1) is 0 Å². The van der Waals surface area contributed by atoms with Crippen molar-refractivity contribution in [2.75, 3.05) is 19.0 Å². The van der Waals surface area contributed by atoms with E-state index >= 15 is 0 Å². The molecule has 0 heterocycles. The monoisotopic (exact) mass is 482 g/mol. The van der Waals surface area contributed by atoms with E-state index in [0.717, 1.165) is 30.2 Å².